The summed E-state index contributed by atoms with van der Waals surface area (Å²) in [5, 5.41) is 7.08. The van der Waals surface area contributed by atoms with Gasteiger partial charge in [0.25, 0.3) is 11.8 Å². The molecule has 144 valence electrons. The van der Waals surface area contributed by atoms with Crippen LogP contribution < -0.4 is 10.1 Å². The number of benzene rings is 1. The van der Waals surface area contributed by atoms with Crippen molar-refractivity contribution in [2.24, 2.45) is 0 Å². The molecule has 2 aromatic heterocycles. The monoisotopic (exact) mass is 477 g/mol. The van der Waals surface area contributed by atoms with Crippen LogP contribution in [0.15, 0.2) is 39.5 Å². The highest BCUT2D eigenvalue weighted by Gasteiger charge is 2.26. The first kappa shape index (κ1) is 19.1. The number of ether oxygens (including phenoxy) is 1. The van der Waals surface area contributed by atoms with E-state index >= 15 is 0 Å². The topological polar surface area (TPSA) is 71.5 Å². The first-order chi connectivity index (χ1) is 13.5. The summed E-state index contributed by atoms with van der Waals surface area (Å²) in [6, 6.07) is 7.13. The fourth-order valence-corrected chi connectivity index (χ4v) is 5.02. The van der Waals surface area contributed by atoms with Gasteiger partial charge in [0.05, 0.1) is 30.5 Å². The number of hydrogen-bond donors (Lipinski definition) is 1. The third-order valence-corrected chi connectivity index (χ3v) is 6.80. The summed E-state index contributed by atoms with van der Waals surface area (Å²) in [5.74, 6) is 0.412. The third-order valence-electron chi connectivity index (χ3n) is 4.43. The van der Waals surface area contributed by atoms with E-state index < -0.39 is 0 Å². The number of carbonyl (C=O) groups excluding carboxylic acids is 2. The molecule has 2 amide bonds. The molecular formula is C19H16BrN3O3S2. The van der Waals surface area contributed by atoms with Gasteiger partial charge in [-0.05, 0) is 45.6 Å². The number of halogens is 1. The molecular weight excluding hydrogens is 462 g/mol. The van der Waals surface area contributed by atoms with E-state index in [4.69, 9.17) is 4.74 Å². The molecule has 28 heavy (non-hydrogen) atoms. The third kappa shape index (κ3) is 3.82. The second kappa shape index (κ2) is 8.02. The molecule has 0 aliphatic carbocycles. The maximum Gasteiger partial charge on any atom is 0.258 e. The zero-order valence-electron chi connectivity index (χ0n) is 14.9. The predicted molar refractivity (Wildman–Crippen MR) is 114 cm³/mol. The lowest BCUT2D eigenvalue weighted by Crippen LogP contribution is -2.35. The Morgan fingerprint density at radius 1 is 1.32 bits per heavy atom. The number of amides is 2. The number of nitrogens with zero attached hydrogens (tertiary/aromatic N) is 2. The Morgan fingerprint density at radius 2 is 2.18 bits per heavy atom. The largest absolute Gasteiger partial charge is 0.497 e. The minimum absolute atomic E-state index is 0.0614. The molecule has 6 nitrogen and oxygen atoms in total. The fourth-order valence-electron chi connectivity index (χ4n) is 2.95. The lowest BCUT2D eigenvalue weighted by Gasteiger charge is -2.26. The highest BCUT2D eigenvalue weighted by molar-refractivity contribution is 9.10. The number of carbonyl (C=O) groups is 2. The molecule has 0 saturated heterocycles. The van der Waals surface area contributed by atoms with Gasteiger partial charge in [0, 0.05) is 27.7 Å². The minimum Gasteiger partial charge on any atom is -0.497 e. The number of methoxy groups -OCH3 is 1. The Kier molecular flexibility index (Phi) is 5.47. The van der Waals surface area contributed by atoms with Crippen molar-refractivity contribution in [2.45, 2.75) is 13.0 Å². The number of aromatic nitrogens is 1. The zero-order valence-corrected chi connectivity index (χ0v) is 18.1. The smallest absolute Gasteiger partial charge is 0.258 e. The summed E-state index contributed by atoms with van der Waals surface area (Å²) in [7, 11) is 1.58. The van der Waals surface area contributed by atoms with Crippen LogP contribution in [-0.4, -0.2) is 35.4 Å². The van der Waals surface area contributed by atoms with Crippen LogP contribution in [0.25, 0.3) is 0 Å². The van der Waals surface area contributed by atoms with Gasteiger partial charge < -0.3 is 9.64 Å². The second-order valence-electron chi connectivity index (χ2n) is 6.18. The summed E-state index contributed by atoms with van der Waals surface area (Å²) >= 11 is 6.34. The van der Waals surface area contributed by atoms with Crippen LogP contribution in [0.1, 0.15) is 31.3 Å². The zero-order chi connectivity index (χ0) is 19.7. The van der Waals surface area contributed by atoms with Crippen molar-refractivity contribution in [3.63, 3.8) is 0 Å². The second-order valence-corrected chi connectivity index (χ2v) is 8.90. The van der Waals surface area contributed by atoms with Gasteiger partial charge in [-0.3, -0.25) is 14.9 Å². The molecule has 1 aliphatic rings. The van der Waals surface area contributed by atoms with Crippen LogP contribution in [0, 0.1) is 0 Å². The molecule has 4 rings (SSSR count). The Morgan fingerprint density at radius 3 is 2.93 bits per heavy atom. The highest BCUT2D eigenvalue weighted by atomic mass is 79.9. The van der Waals surface area contributed by atoms with Gasteiger partial charge >= 0.3 is 0 Å². The molecule has 1 aliphatic heterocycles. The average Bonchev–Trinajstić information content (AvgIpc) is 3.36. The van der Waals surface area contributed by atoms with Crippen molar-refractivity contribution in [1.82, 2.24) is 9.88 Å². The summed E-state index contributed by atoms with van der Waals surface area (Å²) in [6.07, 6.45) is 0.660. The number of thiazole rings is 1. The average molecular weight is 478 g/mol. The van der Waals surface area contributed by atoms with Crippen LogP contribution in [0.5, 0.6) is 5.75 Å². The van der Waals surface area contributed by atoms with Crippen molar-refractivity contribution < 1.29 is 14.3 Å². The van der Waals surface area contributed by atoms with Crippen molar-refractivity contribution in [1.29, 1.82) is 0 Å². The van der Waals surface area contributed by atoms with E-state index in [0.717, 1.165) is 15.0 Å². The molecule has 1 aromatic carbocycles. The highest BCUT2D eigenvalue weighted by Crippen LogP contribution is 2.31. The summed E-state index contributed by atoms with van der Waals surface area (Å²) < 4.78 is 5.97. The number of fused-ring (bicyclic) bond motifs is 1. The lowest BCUT2D eigenvalue weighted by molar-refractivity contribution is 0.0734. The molecule has 0 fully saturated rings. The van der Waals surface area contributed by atoms with Crippen molar-refractivity contribution in [3.8, 4) is 5.75 Å². The van der Waals surface area contributed by atoms with Crippen LogP contribution >= 0.6 is 38.6 Å². The van der Waals surface area contributed by atoms with Gasteiger partial charge in [-0.15, -0.1) is 0 Å². The van der Waals surface area contributed by atoms with E-state index in [1.165, 1.54) is 22.7 Å². The Labute approximate surface area is 178 Å². The van der Waals surface area contributed by atoms with E-state index in [2.05, 4.69) is 26.2 Å². The van der Waals surface area contributed by atoms with E-state index in [-0.39, 0.29) is 11.8 Å². The molecule has 3 aromatic rings. The van der Waals surface area contributed by atoms with Crippen LogP contribution in [0.4, 0.5) is 5.13 Å². The van der Waals surface area contributed by atoms with E-state index in [0.29, 0.717) is 41.5 Å². The van der Waals surface area contributed by atoms with Crippen molar-refractivity contribution >= 4 is 55.5 Å². The van der Waals surface area contributed by atoms with Crippen molar-refractivity contribution in [2.75, 3.05) is 19.0 Å². The molecule has 0 bridgehead atoms. The molecule has 0 unspecified atom stereocenters. The Balaban J connectivity index is 1.50. The molecule has 0 radical (unpaired) electrons. The summed E-state index contributed by atoms with van der Waals surface area (Å²) in [4.78, 5) is 32.5. The van der Waals surface area contributed by atoms with E-state index in [1.54, 1.807) is 35.6 Å². The summed E-state index contributed by atoms with van der Waals surface area (Å²) in [5.41, 5.74) is 2.13. The van der Waals surface area contributed by atoms with Gasteiger partial charge in [-0.25, -0.2) is 4.98 Å². The molecule has 0 spiro atoms. The quantitative estimate of drug-likeness (QED) is 0.603. The van der Waals surface area contributed by atoms with Crippen LogP contribution in [-0.2, 0) is 13.0 Å². The molecule has 1 N–H and O–H groups in total. The maximum absolute atomic E-state index is 13.0. The van der Waals surface area contributed by atoms with Crippen molar-refractivity contribution in [3.05, 3.63) is 61.2 Å². The minimum atomic E-state index is -0.166. The molecule has 3 heterocycles. The van der Waals surface area contributed by atoms with E-state index in [9.17, 15) is 9.59 Å². The standard InChI is InChI=1S/C19H16BrN3O3S2/c1-26-12-2-3-14(20)13(8-12)18(25)23-6-4-15-16(9-23)28-19(21-15)22-17(24)11-5-7-27-10-11/h2-3,5,7-8,10H,4,6,9H2,1H3,(H,21,22,24). The summed E-state index contributed by atoms with van der Waals surface area (Å²) in [6.45, 7) is 1.06. The number of rotatable bonds is 4. The Hall–Kier alpha value is -2.23. The maximum atomic E-state index is 13.0. The van der Waals surface area contributed by atoms with Gasteiger partial charge in [0.15, 0.2) is 5.13 Å². The van der Waals surface area contributed by atoms with Gasteiger partial charge in [-0.1, -0.05) is 11.3 Å². The predicted octanol–water partition coefficient (Wildman–Crippen LogP) is 4.43. The van der Waals surface area contributed by atoms with Gasteiger partial charge in [0.1, 0.15) is 5.75 Å². The molecule has 0 atom stereocenters. The lowest BCUT2D eigenvalue weighted by atomic mass is 10.1. The first-order valence-electron chi connectivity index (χ1n) is 8.50. The number of anilines is 1. The molecule has 0 saturated carbocycles. The number of nitrogens with one attached hydrogen (secondary N) is 1. The van der Waals surface area contributed by atoms with Crippen LogP contribution in [0.3, 0.4) is 0 Å². The number of hydrogen-bond acceptors (Lipinski definition) is 6. The Bertz CT molecular complexity index is 1030. The SMILES string of the molecule is COc1ccc(Br)c(C(=O)N2CCc3nc(NC(=O)c4ccsc4)sc3C2)c1. The van der Waals surface area contributed by atoms with Crippen LogP contribution in [0.2, 0.25) is 0 Å². The van der Waals surface area contributed by atoms with Gasteiger partial charge in [-0.2, -0.15) is 11.3 Å². The normalized spacial score (nSPS) is 13.1. The van der Waals surface area contributed by atoms with Gasteiger partial charge in [0.2, 0.25) is 0 Å². The molecule has 9 heteroatoms. The number of thiophene rings is 1. The van der Waals surface area contributed by atoms with E-state index in [1.807, 2.05) is 11.4 Å². The fraction of sp³-hybridized carbons (Fsp3) is 0.211. The first-order valence-corrected chi connectivity index (χ1v) is 11.1.